The van der Waals surface area contributed by atoms with E-state index in [0.29, 0.717) is 50.5 Å². The Kier molecular flexibility index (Phi) is 6.40. The molecule has 0 aromatic heterocycles. The van der Waals surface area contributed by atoms with Crippen LogP contribution < -0.4 is 4.74 Å². The molecule has 0 radical (unpaired) electrons. The monoisotopic (exact) mass is 338 g/mol. The SMILES string of the molecule is CCOC(=O)N1CCCN(C(=O)Cc2cc(F)ccc2OC)CC1. The number of methoxy groups -OCH3 is 1. The van der Waals surface area contributed by atoms with Crippen molar-refractivity contribution in [1.29, 1.82) is 0 Å². The highest BCUT2D eigenvalue weighted by molar-refractivity contribution is 5.79. The van der Waals surface area contributed by atoms with Gasteiger partial charge in [0, 0.05) is 31.7 Å². The number of carbonyl (C=O) groups is 2. The number of amides is 2. The van der Waals surface area contributed by atoms with Crippen LogP contribution in [0.5, 0.6) is 5.75 Å². The normalized spacial score (nSPS) is 15.0. The summed E-state index contributed by atoms with van der Waals surface area (Å²) in [6.45, 7) is 4.09. The Hall–Kier alpha value is -2.31. The summed E-state index contributed by atoms with van der Waals surface area (Å²) in [6, 6.07) is 4.14. The maximum Gasteiger partial charge on any atom is 0.409 e. The van der Waals surface area contributed by atoms with Gasteiger partial charge < -0.3 is 19.3 Å². The lowest BCUT2D eigenvalue weighted by atomic mass is 10.1. The topological polar surface area (TPSA) is 59.1 Å². The van der Waals surface area contributed by atoms with E-state index >= 15 is 0 Å². The molecule has 1 aromatic rings. The van der Waals surface area contributed by atoms with E-state index in [4.69, 9.17) is 9.47 Å². The summed E-state index contributed by atoms with van der Waals surface area (Å²) < 4.78 is 23.6. The van der Waals surface area contributed by atoms with Crippen LogP contribution in [0.15, 0.2) is 18.2 Å². The van der Waals surface area contributed by atoms with Gasteiger partial charge in [0.2, 0.25) is 5.91 Å². The van der Waals surface area contributed by atoms with Gasteiger partial charge in [-0.25, -0.2) is 9.18 Å². The van der Waals surface area contributed by atoms with Crippen molar-refractivity contribution < 1.29 is 23.5 Å². The van der Waals surface area contributed by atoms with E-state index in [1.807, 2.05) is 0 Å². The summed E-state index contributed by atoms with van der Waals surface area (Å²) in [7, 11) is 1.49. The Balaban J connectivity index is 1.98. The highest BCUT2D eigenvalue weighted by Crippen LogP contribution is 2.21. The molecule has 1 aliphatic rings. The van der Waals surface area contributed by atoms with Crippen LogP contribution in [0, 0.1) is 5.82 Å². The fourth-order valence-corrected chi connectivity index (χ4v) is 2.72. The van der Waals surface area contributed by atoms with Crippen molar-refractivity contribution in [2.24, 2.45) is 0 Å². The predicted molar refractivity (Wildman–Crippen MR) is 86.4 cm³/mol. The maximum atomic E-state index is 13.4. The lowest BCUT2D eigenvalue weighted by Gasteiger charge is -2.22. The molecule has 0 aliphatic carbocycles. The lowest BCUT2D eigenvalue weighted by Crippen LogP contribution is -2.38. The molecule has 1 aromatic carbocycles. The minimum Gasteiger partial charge on any atom is -0.496 e. The number of hydrogen-bond acceptors (Lipinski definition) is 4. The molecule has 2 rings (SSSR count). The second kappa shape index (κ2) is 8.52. The Morgan fingerprint density at radius 1 is 1.17 bits per heavy atom. The molecule has 6 nitrogen and oxygen atoms in total. The standard InChI is InChI=1S/C17H23FN2O4/c1-3-24-17(22)20-8-4-7-19(9-10-20)16(21)12-13-11-14(18)5-6-15(13)23-2/h5-6,11H,3-4,7-10,12H2,1-2H3. The summed E-state index contributed by atoms with van der Waals surface area (Å²) in [5, 5.41) is 0. The van der Waals surface area contributed by atoms with E-state index in [-0.39, 0.29) is 18.4 Å². The third-order valence-corrected chi connectivity index (χ3v) is 3.96. The first kappa shape index (κ1) is 18.0. The van der Waals surface area contributed by atoms with E-state index in [2.05, 4.69) is 0 Å². The molecule has 1 aliphatic heterocycles. The molecule has 2 amide bonds. The van der Waals surface area contributed by atoms with Gasteiger partial charge in [-0.1, -0.05) is 0 Å². The third kappa shape index (κ3) is 4.59. The van der Waals surface area contributed by atoms with Crippen molar-refractivity contribution in [3.05, 3.63) is 29.6 Å². The van der Waals surface area contributed by atoms with E-state index in [1.54, 1.807) is 16.7 Å². The molecule has 0 saturated carbocycles. The van der Waals surface area contributed by atoms with Crippen molar-refractivity contribution in [1.82, 2.24) is 9.80 Å². The van der Waals surface area contributed by atoms with Gasteiger partial charge in [-0.15, -0.1) is 0 Å². The van der Waals surface area contributed by atoms with E-state index in [9.17, 15) is 14.0 Å². The number of rotatable bonds is 4. The fraction of sp³-hybridized carbons (Fsp3) is 0.529. The molecule has 0 spiro atoms. The van der Waals surface area contributed by atoms with Crippen molar-refractivity contribution in [3.8, 4) is 5.75 Å². The van der Waals surface area contributed by atoms with E-state index < -0.39 is 5.82 Å². The Morgan fingerprint density at radius 3 is 2.58 bits per heavy atom. The summed E-state index contributed by atoms with van der Waals surface area (Å²) >= 11 is 0. The molecule has 0 bridgehead atoms. The summed E-state index contributed by atoms with van der Waals surface area (Å²) in [4.78, 5) is 27.6. The zero-order chi connectivity index (χ0) is 17.5. The van der Waals surface area contributed by atoms with Gasteiger partial charge >= 0.3 is 6.09 Å². The molecule has 0 atom stereocenters. The zero-order valence-corrected chi connectivity index (χ0v) is 14.1. The molecule has 1 saturated heterocycles. The Labute approximate surface area is 141 Å². The van der Waals surface area contributed by atoms with Gasteiger partial charge in [-0.2, -0.15) is 0 Å². The second-order valence-electron chi connectivity index (χ2n) is 5.55. The van der Waals surface area contributed by atoms with Crippen LogP contribution in [0.2, 0.25) is 0 Å². The minimum atomic E-state index is -0.400. The zero-order valence-electron chi connectivity index (χ0n) is 14.1. The van der Waals surface area contributed by atoms with Gasteiger partial charge in [0.05, 0.1) is 20.1 Å². The molecule has 7 heteroatoms. The van der Waals surface area contributed by atoms with Crippen LogP contribution in [0.25, 0.3) is 0 Å². The fourth-order valence-electron chi connectivity index (χ4n) is 2.72. The highest BCUT2D eigenvalue weighted by atomic mass is 19.1. The van der Waals surface area contributed by atoms with Gasteiger partial charge in [0.15, 0.2) is 0 Å². The number of halogens is 1. The van der Waals surface area contributed by atoms with Gasteiger partial charge in [0.25, 0.3) is 0 Å². The van der Waals surface area contributed by atoms with Crippen LogP contribution in [-0.2, 0) is 16.0 Å². The predicted octanol–water partition coefficient (Wildman–Crippen LogP) is 2.07. The lowest BCUT2D eigenvalue weighted by molar-refractivity contribution is -0.130. The Morgan fingerprint density at radius 2 is 1.88 bits per heavy atom. The first-order valence-electron chi connectivity index (χ1n) is 8.07. The molecular weight excluding hydrogens is 315 g/mol. The highest BCUT2D eigenvalue weighted by Gasteiger charge is 2.23. The van der Waals surface area contributed by atoms with Crippen LogP contribution in [0.1, 0.15) is 18.9 Å². The second-order valence-corrected chi connectivity index (χ2v) is 5.55. The van der Waals surface area contributed by atoms with Crippen LogP contribution in [0.3, 0.4) is 0 Å². The molecule has 1 fully saturated rings. The minimum absolute atomic E-state index is 0.0698. The van der Waals surface area contributed by atoms with Crippen molar-refractivity contribution in [2.75, 3.05) is 39.9 Å². The molecule has 132 valence electrons. The molecular formula is C17H23FN2O4. The summed E-state index contributed by atoms with van der Waals surface area (Å²) in [6.07, 6.45) is 0.407. The molecule has 0 N–H and O–H groups in total. The number of hydrogen-bond donors (Lipinski definition) is 0. The number of carbonyl (C=O) groups excluding carboxylic acids is 2. The smallest absolute Gasteiger partial charge is 0.409 e. The van der Waals surface area contributed by atoms with Gasteiger partial charge in [-0.05, 0) is 31.5 Å². The van der Waals surface area contributed by atoms with Crippen molar-refractivity contribution >= 4 is 12.0 Å². The van der Waals surface area contributed by atoms with Crippen molar-refractivity contribution in [2.45, 2.75) is 19.8 Å². The first-order chi connectivity index (χ1) is 11.5. The van der Waals surface area contributed by atoms with Crippen LogP contribution in [0.4, 0.5) is 9.18 Å². The first-order valence-corrected chi connectivity index (χ1v) is 8.07. The molecule has 1 heterocycles. The molecule has 24 heavy (non-hydrogen) atoms. The maximum absolute atomic E-state index is 13.4. The average Bonchev–Trinajstić information content (AvgIpc) is 2.81. The number of nitrogens with zero attached hydrogens (tertiary/aromatic N) is 2. The summed E-state index contributed by atoms with van der Waals surface area (Å²) in [5.41, 5.74) is 0.522. The van der Waals surface area contributed by atoms with Crippen LogP contribution in [-0.4, -0.2) is 61.7 Å². The number of benzene rings is 1. The van der Waals surface area contributed by atoms with E-state index in [1.165, 1.54) is 25.3 Å². The average molecular weight is 338 g/mol. The number of ether oxygens (including phenoxy) is 2. The van der Waals surface area contributed by atoms with Crippen LogP contribution >= 0.6 is 0 Å². The van der Waals surface area contributed by atoms with Crippen molar-refractivity contribution in [3.63, 3.8) is 0 Å². The Bertz CT molecular complexity index is 594. The summed E-state index contributed by atoms with van der Waals surface area (Å²) in [5.74, 6) is -0.0136. The largest absolute Gasteiger partial charge is 0.496 e. The molecule has 0 unspecified atom stereocenters. The van der Waals surface area contributed by atoms with Gasteiger partial charge in [0.1, 0.15) is 11.6 Å². The third-order valence-electron chi connectivity index (χ3n) is 3.96. The quantitative estimate of drug-likeness (QED) is 0.843. The van der Waals surface area contributed by atoms with Gasteiger partial charge in [-0.3, -0.25) is 4.79 Å². The van der Waals surface area contributed by atoms with E-state index in [0.717, 1.165) is 0 Å².